The Labute approximate surface area is 84.7 Å². The highest BCUT2D eigenvalue weighted by molar-refractivity contribution is 5.14. The second-order valence-electron chi connectivity index (χ2n) is 5.13. The van der Waals surface area contributed by atoms with Crippen molar-refractivity contribution in [3.8, 4) is 0 Å². The van der Waals surface area contributed by atoms with Gasteiger partial charge in [-0.25, -0.2) is 0 Å². The molecule has 0 radical (unpaired) electrons. The summed E-state index contributed by atoms with van der Waals surface area (Å²) in [6.45, 7) is 4.43. The molecule has 0 unspecified atom stereocenters. The van der Waals surface area contributed by atoms with E-state index in [0.29, 0.717) is 0 Å². The smallest absolute Gasteiger partial charge is 0.0629 e. The van der Waals surface area contributed by atoms with Crippen molar-refractivity contribution in [1.29, 1.82) is 0 Å². The zero-order chi connectivity index (χ0) is 10.3. The average Bonchev–Trinajstić information content (AvgIpc) is 2.55. The molecular formula is C11H18N2O. The molecule has 2 atom stereocenters. The molecule has 0 aromatic carbocycles. The number of hydrogen-bond donors (Lipinski definition) is 1. The Morgan fingerprint density at radius 1 is 1.50 bits per heavy atom. The van der Waals surface area contributed by atoms with Gasteiger partial charge < -0.3 is 5.11 Å². The molecule has 1 aliphatic carbocycles. The van der Waals surface area contributed by atoms with Crippen LogP contribution in [0.1, 0.15) is 38.3 Å². The largest absolute Gasteiger partial charge is 0.392 e. The summed E-state index contributed by atoms with van der Waals surface area (Å²) < 4.78 is 1.87. The fraction of sp³-hybridized carbons (Fsp3) is 0.727. The Morgan fingerprint density at radius 3 is 2.64 bits per heavy atom. The number of aromatic nitrogens is 2. The molecule has 1 saturated carbocycles. The lowest BCUT2D eigenvalue weighted by molar-refractivity contribution is 0.151. The normalized spacial score (nSPS) is 30.9. The number of aliphatic hydroxyl groups is 1. The minimum atomic E-state index is -0.208. The van der Waals surface area contributed by atoms with E-state index in [9.17, 15) is 5.11 Å². The minimum Gasteiger partial charge on any atom is -0.392 e. The molecule has 0 bridgehead atoms. The second-order valence-corrected chi connectivity index (χ2v) is 5.13. The molecule has 1 aliphatic rings. The van der Waals surface area contributed by atoms with Gasteiger partial charge in [-0.3, -0.25) is 4.68 Å². The highest BCUT2D eigenvalue weighted by Gasteiger charge is 2.39. The number of hydrogen-bond acceptors (Lipinski definition) is 2. The van der Waals surface area contributed by atoms with Crippen molar-refractivity contribution in [1.82, 2.24) is 9.78 Å². The highest BCUT2D eigenvalue weighted by atomic mass is 16.3. The molecule has 0 amide bonds. The first-order valence-electron chi connectivity index (χ1n) is 5.15. The van der Waals surface area contributed by atoms with Crippen LogP contribution in [0, 0.1) is 5.41 Å². The van der Waals surface area contributed by atoms with E-state index < -0.39 is 0 Å². The summed E-state index contributed by atoms with van der Waals surface area (Å²) in [5, 5.41) is 14.1. The van der Waals surface area contributed by atoms with Gasteiger partial charge >= 0.3 is 0 Å². The Balaban J connectivity index is 2.25. The fourth-order valence-electron chi connectivity index (χ4n) is 2.57. The van der Waals surface area contributed by atoms with Gasteiger partial charge in [-0.05, 0) is 24.3 Å². The molecule has 1 fully saturated rings. The van der Waals surface area contributed by atoms with Crippen LogP contribution < -0.4 is 0 Å². The van der Waals surface area contributed by atoms with Crippen LogP contribution in [0.25, 0.3) is 0 Å². The third kappa shape index (κ3) is 1.57. The minimum absolute atomic E-state index is 0.208. The summed E-state index contributed by atoms with van der Waals surface area (Å²) >= 11 is 0. The van der Waals surface area contributed by atoms with Crippen molar-refractivity contribution in [2.75, 3.05) is 0 Å². The maximum atomic E-state index is 9.98. The van der Waals surface area contributed by atoms with Gasteiger partial charge in [-0.1, -0.05) is 13.8 Å². The molecule has 1 aromatic rings. The molecule has 3 nitrogen and oxygen atoms in total. The third-order valence-electron chi connectivity index (χ3n) is 3.24. The molecule has 1 aromatic heterocycles. The van der Waals surface area contributed by atoms with Gasteiger partial charge in [0.25, 0.3) is 0 Å². The molecule has 0 saturated heterocycles. The van der Waals surface area contributed by atoms with Gasteiger partial charge in [0.1, 0.15) is 0 Å². The number of aliphatic hydroxyl groups excluding tert-OH is 1. The quantitative estimate of drug-likeness (QED) is 0.738. The van der Waals surface area contributed by atoms with Crippen molar-refractivity contribution in [3.63, 3.8) is 0 Å². The van der Waals surface area contributed by atoms with Crippen molar-refractivity contribution >= 4 is 0 Å². The van der Waals surface area contributed by atoms with Crippen LogP contribution in [-0.4, -0.2) is 21.0 Å². The van der Waals surface area contributed by atoms with E-state index >= 15 is 0 Å². The van der Waals surface area contributed by atoms with Gasteiger partial charge in [-0.15, -0.1) is 0 Å². The molecule has 0 aliphatic heterocycles. The van der Waals surface area contributed by atoms with Gasteiger partial charge in [0.15, 0.2) is 0 Å². The predicted octanol–water partition coefficient (Wildman–Crippen LogP) is 1.68. The van der Waals surface area contributed by atoms with Crippen LogP contribution in [-0.2, 0) is 7.05 Å². The van der Waals surface area contributed by atoms with E-state index in [4.69, 9.17) is 0 Å². The van der Waals surface area contributed by atoms with Crippen LogP contribution in [0.3, 0.4) is 0 Å². The number of nitrogens with zero attached hydrogens (tertiary/aromatic N) is 2. The zero-order valence-corrected chi connectivity index (χ0v) is 9.07. The topological polar surface area (TPSA) is 38.0 Å². The van der Waals surface area contributed by atoms with Crippen molar-refractivity contribution in [2.45, 2.75) is 38.7 Å². The standard InChI is InChI=1S/C11H18N2O/c1-11(2)6-8(10(14)7-11)9-4-5-12-13(9)3/h4-5,8,10,14H,6-7H2,1-3H3/t8-,10+/m0/s1. The number of rotatable bonds is 1. The maximum Gasteiger partial charge on any atom is 0.0629 e. The zero-order valence-electron chi connectivity index (χ0n) is 9.07. The summed E-state index contributed by atoms with van der Waals surface area (Å²) in [4.78, 5) is 0. The highest BCUT2D eigenvalue weighted by Crippen LogP contribution is 2.45. The lowest BCUT2D eigenvalue weighted by Gasteiger charge is -2.16. The van der Waals surface area contributed by atoms with E-state index in [1.54, 1.807) is 6.20 Å². The van der Waals surface area contributed by atoms with E-state index in [1.165, 1.54) is 0 Å². The van der Waals surface area contributed by atoms with Crippen LogP contribution in [0.2, 0.25) is 0 Å². The van der Waals surface area contributed by atoms with Crippen molar-refractivity contribution in [3.05, 3.63) is 18.0 Å². The van der Waals surface area contributed by atoms with E-state index in [1.807, 2.05) is 17.8 Å². The van der Waals surface area contributed by atoms with Gasteiger partial charge in [0, 0.05) is 24.9 Å². The molecule has 1 N–H and O–H groups in total. The van der Waals surface area contributed by atoms with Gasteiger partial charge in [-0.2, -0.15) is 5.10 Å². The SMILES string of the molecule is Cn1nccc1[C@@H]1CC(C)(C)C[C@H]1O. The fourth-order valence-corrected chi connectivity index (χ4v) is 2.57. The molecule has 3 heteroatoms. The van der Waals surface area contributed by atoms with Crippen LogP contribution in [0.4, 0.5) is 0 Å². The lowest BCUT2D eigenvalue weighted by Crippen LogP contribution is -2.14. The molecule has 0 spiro atoms. The Morgan fingerprint density at radius 2 is 2.21 bits per heavy atom. The first kappa shape index (κ1) is 9.71. The monoisotopic (exact) mass is 194 g/mol. The Bertz CT molecular complexity index is 330. The van der Waals surface area contributed by atoms with E-state index in [2.05, 4.69) is 18.9 Å². The lowest BCUT2D eigenvalue weighted by atomic mass is 9.90. The van der Waals surface area contributed by atoms with Crippen LogP contribution in [0.15, 0.2) is 12.3 Å². The summed E-state index contributed by atoms with van der Waals surface area (Å²) in [5.74, 6) is 0.262. The maximum absolute atomic E-state index is 9.98. The third-order valence-corrected chi connectivity index (χ3v) is 3.24. The summed E-state index contributed by atoms with van der Waals surface area (Å²) in [6, 6.07) is 2.01. The molecule has 1 heterocycles. The molecule has 78 valence electrons. The van der Waals surface area contributed by atoms with Gasteiger partial charge in [0.05, 0.1) is 6.10 Å². The average molecular weight is 194 g/mol. The molecular weight excluding hydrogens is 176 g/mol. The van der Waals surface area contributed by atoms with Crippen LogP contribution in [0.5, 0.6) is 0 Å². The van der Waals surface area contributed by atoms with Crippen molar-refractivity contribution < 1.29 is 5.11 Å². The van der Waals surface area contributed by atoms with E-state index in [-0.39, 0.29) is 17.4 Å². The predicted molar refractivity (Wildman–Crippen MR) is 55.0 cm³/mol. The molecule has 14 heavy (non-hydrogen) atoms. The van der Waals surface area contributed by atoms with Crippen LogP contribution >= 0.6 is 0 Å². The van der Waals surface area contributed by atoms with Gasteiger partial charge in [0.2, 0.25) is 0 Å². The summed E-state index contributed by atoms with van der Waals surface area (Å²) in [7, 11) is 1.94. The second kappa shape index (κ2) is 3.09. The first-order valence-corrected chi connectivity index (χ1v) is 5.15. The Kier molecular flexibility index (Phi) is 2.14. The summed E-state index contributed by atoms with van der Waals surface area (Å²) in [6.07, 6.45) is 3.53. The Hall–Kier alpha value is -0.830. The van der Waals surface area contributed by atoms with Crippen molar-refractivity contribution in [2.24, 2.45) is 12.5 Å². The van der Waals surface area contributed by atoms with E-state index in [0.717, 1.165) is 18.5 Å². The summed E-state index contributed by atoms with van der Waals surface area (Å²) in [5.41, 5.74) is 1.41. The first-order chi connectivity index (χ1) is 6.49. The molecule has 2 rings (SSSR count). The number of aryl methyl sites for hydroxylation is 1.